The molecule has 0 heterocycles. The first-order valence-corrected chi connectivity index (χ1v) is 7.53. The molecule has 5 nitrogen and oxygen atoms in total. The van der Waals surface area contributed by atoms with Gasteiger partial charge in [-0.2, -0.15) is 0 Å². The summed E-state index contributed by atoms with van der Waals surface area (Å²) in [6, 6.07) is 3.47. The molecule has 1 rings (SSSR count). The predicted octanol–water partition coefficient (Wildman–Crippen LogP) is 2.15. The van der Waals surface area contributed by atoms with Gasteiger partial charge in [-0.15, -0.1) is 0 Å². The Balaban J connectivity index is 2.51. The van der Waals surface area contributed by atoms with E-state index < -0.39 is 17.9 Å². The standard InChI is InChI=1S/C15H23ClFN3O2/c1-10(2)20(3)7-6-18-15(22)19-14(9-21)11-4-5-12(16)13(17)8-11/h4-5,8,10,14,21H,6-7,9H2,1-3H3,(H2,18,19,22). The van der Waals surface area contributed by atoms with Gasteiger partial charge >= 0.3 is 6.03 Å². The number of aliphatic hydroxyl groups excluding tert-OH is 1. The Morgan fingerprint density at radius 1 is 1.45 bits per heavy atom. The molecule has 1 atom stereocenters. The zero-order valence-corrected chi connectivity index (χ0v) is 13.8. The van der Waals surface area contributed by atoms with Crippen LogP contribution in [0.2, 0.25) is 5.02 Å². The Labute approximate surface area is 135 Å². The highest BCUT2D eigenvalue weighted by atomic mass is 35.5. The quantitative estimate of drug-likeness (QED) is 0.717. The Morgan fingerprint density at radius 2 is 2.14 bits per heavy atom. The van der Waals surface area contributed by atoms with Crippen LogP contribution in [0, 0.1) is 5.82 Å². The fraction of sp³-hybridized carbons (Fsp3) is 0.533. The van der Waals surface area contributed by atoms with Crippen LogP contribution in [-0.4, -0.2) is 48.8 Å². The molecule has 7 heteroatoms. The van der Waals surface area contributed by atoms with Gasteiger partial charge in [-0.1, -0.05) is 17.7 Å². The Bertz CT molecular complexity index is 500. The van der Waals surface area contributed by atoms with Crippen LogP contribution in [0.25, 0.3) is 0 Å². The molecule has 0 bridgehead atoms. The van der Waals surface area contributed by atoms with E-state index in [1.807, 2.05) is 7.05 Å². The van der Waals surface area contributed by atoms with Crippen LogP contribution >= 0.6 is 11.6 Å². The number of rotatable bonds is 7. The highest BCUT2D eigenvalue weighted by Crippen LogP contribution is 2.20. The third-order valence-corrected chi connectivity index (χ3v) is 3.77. The van der Waals surface area contributed by atoms with Gasteiger partial charge in [0.15, 0.2) is 0 Å². The fourth-order valence-corrected chi connectivity index (χ4v) is 1.89. The Hall–Kier alpha value is -1.37. The van der Waals surface area contributed by atoms with E-state index >= 15 is 0 Å². The van der Waals surface area contributed by atoms with Crippen LogP contribution in [0.4, 0.5) is 9.18 Å². The molecule has 0 aliphatic carbocycles. The van der Waals surface area contributed by atoms with Crippen LogP contribution in [0.15, 0.2) is 18.2 Å². The Kier molecular flexibility index (Phi) is 7.58. The normalized spacial score (nSPS) is 12.5. The van der Waals surface area contributed by atoms with Crippen molar-refractivity contribution in [3.63, 3.8) is 0 Å². The zero-order valence-electron chi connectivity index (χ0n) is 13.1. The molecule has 124 valence electrons. The molecule has 0 fully saturated rings. The molecule has 0 aromatic heterocycles. The van der Waals surface area contributed by atoms with E-state index in [2.05, 4.69) is 29.4 Å². The van der Waals surface area contributed by atoms with Gasteiger partial charge in [0.05, 0.1) is 17.7 Å². The third kappa shape index (κ3) is 5.79. The number of carbonyl (C=O) groups is 1. The number of amides is 2. The number of likely N-dealkylation sites (N-methyl/N-ethyl adjacent to an activating group) is 1. The van der Waals surface area contributed by atoms with E-state index in [4.69, 9.17) is 11.6 Å². The lowest BCUT2D eigenvalue weighted by atomic mass is 10.1. The molecule has 0 aliphatic rings. The van der Waals surface area contributed by atoms with Crippen molar-refractivity contribution in [3.05, 3.63) is 34.6 Å². The van der Waals surface area contributed by atoms with Crippen molar-refractivity contribution in [1.29, 1.82) is 0 Å². The van der Waals surface area contributed by atoms with Crippen LogP contribution in [0.5, 0.6) is 0 Å². The summed E-state index contributed by atoms with van der Waals surface area (Å²) < 4.78 is 13.4. The van der Waals surface area contributed by atoms with E-state index in [-0.39, 0.29) is 11.6 Å². The van der Waals surface area contributed by atoms with Crippen LogP contribution < -0.4 is 10.6 Å². The summed E-state index contributed by atoms with van der Waals surface area (Å²) in [6.45, 7) is 4.99. The van der Waals surface area contributed by atoms with Crippen molar-refractivity contribution in [3.8, 4) is 0 Å². The second-order valence-electron chi connectivity index (χ2n) is 5.38. The predicted molar refractivity (Wildman–Crippen MR) is 85.5 cm³/mol. The topological polar surface area (TPSA) is 64.6 Å². The first-order valence-electron chi connectivity index (χ1n) is 7.15. The largest absolute Gasteiger partial charge is 0.394 e. The highest BCUT2D eigenvalue weighted by molar-refractivity contribution is 6.30. The lowest BCUT2D eigenvalue weighted by Gasteiger charge is -2.22. The number of carbonyl (C=O) groups excluding carboxylic acids is 1. The summed E-state index contributed by atoms with van der Waals surface area (Å²) in [7, 11) is 1.97. The summed E-state index contributed by atoms with van der Waals surface area (Å²) in [5.74, 6) is -0.585. The maximum atomic E-state index is 13.4. The minimum atomic E-state index is -0.686. The van der Waals surface area contributed by atoms with Gasteiger partial charge in [-0.05, 0) is 38.6 Å². The highest BCUT2D eigenvalue weighted by Gasteiger charge is 2.15. The molecule has 0 aliphatic heterocycles. The van der Waals surface area contributed by atoms with Crippen molar-refractivity contribution in [2.45, 2.75) is 25.9 Å². The van der Waals surface area contributed by atoms with E-state index in [0.29, 0.717) is 24.7 Å². The SMILES string of the molecule is CC(C)N(C)CCNC(=O)NC(CO)c1ccc(Cl)c(F)c1. The van der Waals surface area contributed by atoms with Crippen molar-refractivity contribution >= 4 is 17.6 Å². The third-order valence-electron chi connectivity index (χ3n) is 3.47. The second-order valence-corrected chi connectivity index (χ2v) is 5.79. The number of urea groups is 1. The first kappa shape index (κ1) is 18.7. The van der Waals surface area contributed by atoms with Crippen molar-refractivity contribution < 1.29 is 14.3 Å². The smallest absolute Gasteiger partial charge is 0.315 e. The zero-order chi connectivity index (χ0) is 16.7. The Morgan fingerprint density at radius 3 is 2.68 bits per heavy atom. The minimum absolute atomic E-state index is 0.00149. The average molecular weight is 332 g/mol. The van der Waals surface area contributed by atoms with Gasteiger partial charge in [0.1, 0.15) is 5.82 Å². The van der Waals surface area contributed by atoms with Gasteiger partial charge < -0.3 is 20.6 Å². The van der Waals surface area contributed by atoms with E-state index in [1.165, 1.54) is 12.1 Å². The van der Waals surface area contributed by atoms with E-state index in [1.54, 1.807) is 6.07 Å². The summed E-state index contributed by atoms with van der Waals surface area (Å²) in [5, 5.41) is 14.7. The van der Waals surface area contributed by atoms with Crippen LogP contribution in [0.1, 0.15) is 25.5 Å². The molecule has 1 unspecified atom stereocenters. The fourth-order valence-electron chi connectivity index (χ4n) is 1.78. The molecular weight excluding hydrogens is 309 g/mol. The molecule has 1 aromatic rings. The number of hydrogen-bond acceptors (Lipinski definition) is 3. The van der Waals surface area contributed by atoms with Crippen molar-refractivity contribution in [2.24, 2.45) is 0 Å². The molecule has 0 saturated heterocycles. The first-order chi connectivity index (χ1) is 10.3. The van der Waals surface area contributed by atoms with E-state index in [0.717, 1.165) is 0 Å². The summed E-state index contributed by atoms with van der Waals surface area (Å²) in [5.41, 5.74) is 0.457. The summed E-state index contributed by atoms with van der Waals surface area (Å²) in [4.78, 5) is 13.9. The molecule has 1 aromatic carbocycles. The number of halogens is 2. The average Bonchev–Trinajstić information content (AvgIpc) is 2.47. The monoisotopic (exact) mass is 331 g/mol. The lowest BCUT2D eigenvalue weighted by Crippen LogP contribution is -2.42. The van der Waals surface area contributed by atoms with Crippen molar-refractivity contribution in [1.82, 2.24) is 15.5 Å². The van der Waals surface area contributed by atoms with Gasteiger partial charge in [-0.25, -0.2) is 9.18 Å². The van der Waals surface area contributed by atoms with Crippen LogP contribution in [0.3, 0.4) is 0 Å². The molecule has 22 heavy (non-hydrogen) atoms. The number of benzene rings is 1. The number of aliphatic hydroxyl groups is 1. The summed E-state index contributed by atoms with van der Waals surface area (Å²) in [6.07, 6.45) is 0. The second kappa shape index (κ2) is 8.92. The molecule has 0 radical (unpaired) electrons. The molecule has 0 saturated carbocycles. The molecular formula is C15H23ClFN3O2. The number of hydrogen-bond donors (Lipinski definition) is 3. The van der Waals surface area contributed by atoms with Gasteiger partial charge in [0.25, 0.3) is 0 Å². The number of nitrogens with one attached hydrogen (secondary N) is 2. The summed E-state index contributed by atoms with van der Waals surface area (Å²) >= 11 is 5.62. The maximum absolute atomic E-state index is 13.4. The minimum Gasteiger partial charge on any atom is -0.394 e. The van der Waals surface area contributed by atoms with E-state index in [9.17, 15) is 14.3 Å². The number of nitrogens with zero attached hydrogens (tertiary/aromatic N) is 1. The van der Waals surface area contributed by atoms with Gasteiger partial charge in [0.2, 0.25) is 0 Å². The molecule has 0 spiro atoms. The molecule has 3 N–H and O–H groups in total. The molecule has 2 amide bonds. The van der Waals surface area contributed by atoms with Gasteiger partial charge in [-0.3, -0.25) is 0 Å². The van der Waals surface area contributed by atoms with Gasteiger partial charge in [0, 0.05) is 19.1 Å². The van der Waals surface area contributed by atoms with Crippen molar-refractivity contribution in [2.75, 3.05) is 26.7 Å². The maximum Gasteiger partial charge on any atom is 0.315 e. The van der Waals surface area contributed by atoms with Crippen LogP contribution in [-0.2, 0) is 0 Å². The lowest BCUT2D eigenvalue weighted by molar-refractivity contribution is 0.213.